The van der Waals surface area contributed by atoms with Crippen LogP contribution in [0.5, 0.6) is 0 Å². The number of ether oxygens (including phenoxy) is 1. The number of nitrogens with one attached hydrogen (secondary N) is 1. The van der Waals surface area contributed by atoms with E-state index in [4.69, 9.17) is 27.9 Å². The van der Waals surface area contributed by atoms with E-state index in [9.17, 15) is 9.59 Å². The molecule has 1 N–H and O–H groups in total. The van der Waals surface area contributed by atoms with Crippen LogP contribution >= 0.6 is 39.1 Å². The van der Waals surface area contributed by atoms with Crippen molar-refractivity contribution in [2.75, 3.05) is 11.9 Å². The summed E-state index contributed by atoms with van der Waals surface area (Å²) in [5, 5.41) is 3.27. The summed E-state index contributed by atoms with van der Waals surface area (Å²) in [6.45, 7) is -0.394. The standard InChI is InChI=1S/C15H10BrCl2NO3/c16-10-3-1-9(2-4-10)15(21)22-8-14(20)19-11-5-6-12(17)13(18)7-11/h1-7H,8H2,(H,19,20). The van der Waals surface area contributed by atoms with Gasteiger partial charge in [-0.1, -0.05) is 39.1 Å². The Hall–Kier alpha value is -1.56. The summed E-state index contributed by atoms with van der Waals surface area (Å²) < 4.78 is 5.78. The number of anilines is 1. The Labute approximate surface area is 145 Å². The number of hydrogen-bond acceptors (Lipinski definition) is 3. The third-order valence-corrected chi connectivity index (χ3v) is 3.89. The second-order valence-electron chi connectivity index (χ2n) is 4.26. The molecule has 0 spiro atoms. The second kappa shape index (κ2) is 7.63. The van der Waals surface area contributed by atoms with Gasteiger partial charge in [-0.15, -0.1) is 0 Å². The van der Waals surface area contributed by atoms with Crippen LogP contribution in [-0.4, -0.2) is 18.5 Å². The minimum atomic E-state index is -0.572. The zero-order chi connectivity index (χ0) is 16.1. The van der Waals surface area contributed by atoms with E-state index in [1.165, 1.54) is 6.07 Å². The van der Waals surface area contributed by atoms with Crippen LogP contribution in [-0.2, 0) is 9.53 Å². The lowest BCUT2D eigenvalue weighted by atomic mass is 10.2. The summed E-state index contributed by atoms with van der Waals surface area (Å²) in [4.78, 5) is 23.5. The number of amides is 1. The summed E-state index contributed by atoms with van der Waals surface area (Å²) >= 11 is 14.9. The maximum atomic E-state index is 11.8. The molecule has 2 rings (SSSR count). The number of esters is 1. The Morgan fingerprint density at radius 2 is 1.73 bits per heavy atom. The van der Waals surface area contributed by atoms with Gasteiger partial charge in [0.05, 0.1) is 15.6 Å². The number of halogens is 3. The minimum absolute atomic E-state index is 0.325. The number of carbonyl (C=O) groups excluding carboxylic acids is 2. The predicted octanol–water partition coefficient (Wildman–Crippen LogP) is 4.55. The van der Waals surface area contributed by atoms with Crippen LogP contribution in [0.1, 0.15) is 10.4 Å². The quantitative estimate of drug-likeness (QED) is 0.763. The van der Waals surface area contributed by atoms with Crippen LogP contribution in [0.4, 0.5) is 5.69 Å². The second-order valence-corrected chi connectivity index (χ2v) is 5.99. The van der Waals surface area contributed by atoms with E-state index in [0.29, 0.717) is 21.3 Å². The zero-order valence-electron chi connectivity index (χ0n) is 11.1. The molecule has 0 aliphatic heterocycles. The van der Waals surface area contributed by atoms with Crippen molar-refractivity contribution in [3.8, 4) is 0 Å². The topological polar surface area (TPSA) is 55.4 Å². The summed E-state index contributed by atoms with van der Waals surface area (Å²) in [5.74, 6) is -1.04. The lowest BCUT2D eigenvalue weighted by molar-refractivity contribution is -0.119. The molecule has 0 aliphatic rings. The van der Waals surface area contributed by atoms with Gasteiger partial charge in [0.2, 0.25) is 0 Å². The monoisotopic (exact) mass is 401 g/mol. The molecule has 0 saturated carbocycles. The largest absolute Gasteiger partial charge is 0.452 e. The lowest BCUT2D eigenvalue weighted by Gasteiger charge is -2.07. The molecule has 2 aromatic rings. The van der Waals surface area contributed by atoms with Gasteiger partial charge in [0.25, 0.3) is 5.91 Å². The first kappa shape index (κ1) is 16.8. The predicted molar refractivity (Wildman–Crippen MR) is 89.5 cm³/mol. The molecule has 0 atom stereocenters. The van der Waals surface area contributed by atoms with E-state index in [2.05, 4.69) is 21.2 Å². The Morgan fingerprint density at radius 1 is 1.05 bits per heavy atom. The summed E-state index contributed by atoms with van der Waals surface area (Å²) in [5.41, 5.74) is 0.838. The highest BCUT2D eigenvalue weighted by atomic mass is 79.9. The highest BCUT2D eigenvalue weighted by molar-refractivity contribution is 9.10. The molecule has 0 unspecified atom stereocenters. The van der Waals surface area contributed by atoms with Crippen LogP contribution in [0, 0.1) is 0 Å². The minimum Gasteiger partial charge on any atom is -0.452 e. The van der Waals surface area contributed by atoms with Crippen LogP contribution in [0.2, 0.25) is 10.0 Å². The van der Waals surface area contributed by atoms with Crippen LogP contribution in [0.3, 0.4) is 0 Å². The summed E-state index contributed by atoms with van der Waals surface area (Å²) in [6.07, 6.45) is 0. The molecule has 4 nitrogen and oxygen atoms in total. The molecule has 0 heterocycles. The number of carbonyl (C=O) groups is 2. The maximum Gasteiger partial charge on any atom is 0.338 e. The molecule has 0 fully saturated rings. The SMILES string of the molecule is O=C(COC(=O)c1ccc(Br)cc1)Nc1ccc(Cl)c(Cl)c1. The normalized spacial score (nSPS) is 10.1. The maximum absolute atomic E-state index is 11.8. The van der Waals surface area contributed by atoms with E-state index >= 15 is 0 Å². The van der Waals surface area contributed by atoms with Gasteiger partial charge in [0, 0.05) is 10.2 Å². The highest BCUT2D eigenvalue weighted by Gasteiger charge is 2.10. The van der Waals surface area contributed by atoms with E-state index < -0.39 is 18.5 Å². The molecule has 0 aromatic heterocycles. The Kier molecular flexibility index (Phi) is 5.83. The van der Waals surface area contributed by atoms with Gasteiger partial charge in [-0.05, 0) is 42.5 Å². The Balaban J connectivity index is 1.88. The van der Waals surface area contributed by atoms with E-state index in [-0.39, 0.29) is 0 Å². The number of rotatable bonds is 4. The van der Waals surface area contributed by atoms with E-state index in [1.54, 1.807) is 36.4 Å². The molecule has 1 amide bonds. The molecule has 0 aliphatic carbocycles. The van der Waals surface area contributed by atoms with Gasteiger partial charge >= 0.3 is 5.97 Å². The first-order chi connectivity index (χ1) is 10.5. The fraction of sp³-hybridized carbons (Fsp3) is 0.0667. The first-order valence-electron chi connectivity index (χ1n) is 6.13. The molecule has 2 aromatic carbocycles. The van der Waals surface area contributed by atoms with Crippen LogP contribution < -0.4 is 5.32 Å². The first-order valence-corrected chi connectivity index (χ1v) is 7.68. The lowest BCUT2D eigenvalue weighted by Crippen LogP contribution is -2.20. The van der Waals surface area contributed by atoms with Gasteiger partial charge < -0.3 is 10.1 Å². The van der Waals surface area contributed by atoms with Crippen molar-refractivity contribution in [2.45, 2.75) is 0 Å². The van der Waals surface area contributed by atoms with Crippen molar-refractivity contribution in [3.05, 3.63) is 62.5 Å². The highest BCUT2D eigenvalue weighted by Crippen LogP contribution is 2.24. The van der Waals surface area contributed by atoms with Crippen molar-refractivity contribution < 1.29 is 14.3 Å². The molecule has 22 heavy (non-hydrogen) atoms. The zero-order valence-corrected chi connectivity index (χ0v) is 14.2. The molecule has 7 heteroatoms. The van der Waals surface area contributed by atoms with E-state index in [1.807, 2.05) is 0 Å². The van der Waals surface area contributed by atoms with Crippen LogP contribution in [0.25, 0.3) is 0 Å². The van der Waals surface area contributed by atoms with Gasteiger partial charge in [0.15, 0.2) is 6.61 Å². The summed E-state index contributed by atoms with van der Waals surface area (Å²) in [7, 11) is 0. The fourth-order valence-corrected chi connectivity index (χ4v) is 2.13. The van der Waals surface area contributed by atoms with Crippen molar-refractivity contribution in [1.82, 2.24) is 0 Å². The average molecular weight is 403 g/mol. The van der Waals surface area contributed by atoms with Gasteiger partial charge in [-0.3, -0.25) is 4.79 Å². The number of benzene rings is 2. The Bertz CT molecular complexity index is 704. The molecular formula is C15H10BrCl2NO3. The van der Waals surface area contributed by atoms with Crippen molar-refractivity contribution in [2.24, 2.45) is 0 Å². The molecule has 0 radical (unpaired) electrons. The molecule has 114 valence electrons. The number of hydrogen-bond donors (Lipinski definition) is 1. The third kappa shape index (κ3) is 4.73. The van der Waals surface area contributed by atoms with Gasteiger partial charge in [0.1, 0.15) is 0 Å². The molecule has 0 bridgehead atoms. The smallest absolute Gasteiger partial charge is 0.338 e. The summed E-state index contributed by atoms with van der Waals surface area (Å²) in [6, 6.07) is 11.3. The van der Waals surface area contributed by atoms with Crippen molar-refractivity contribution >= 4 is 56.7 Å². The van der Waals surface area contributed by atoms with Crippen molar-refractivity contribution in [3.63, 3.8) is 0 Å². The van der Waals surface area contributed by atoms with E-state index in [0.717, 1.165) is 4.47 Å². The molecular weight excluding hydrogens is 393 g/mol. The van der Waals surface area contributed by atoms with Crippen LogP contribution in [0.15, 0.2) is 46.9 Å². The van der Waals surface area contributed by atoms with Crippen molar-refractivity contribution in [1.29, 1.82) is 0 Å². The Morgan fingerprint density at radius 3 is 2.36 bits per heavy atom. The van der Waals surface area contributed by atoms with Gasteiger partial charge in [-0.25, -0.2) is 4.79 Å². The van der Waals surface area contributed by atoms with Gasteiger partial charge in [-0.2, -0.15) is 0 Å². The average Bonchev–Trinajstić information content (AvgIpc) is 2.49. The fourth-order valence-electron chi connectivity index (χ4n) is 1.57. The molecule has 0 saturated heterocycles. The third-order valence-electron chi connectivity index (χ3n) is 2.62.